The van der Waals surface area contributed by atoms with Gasteiger partial charge in [-0.25, -0.2) is 4.79 Å². The summed E-state index contributed by atoms with van der Waals surface area (Å²) in [6.45, 7) is 8.13. The predicted molar refractivity (Wildman–Crippen MR) is 80.0 cm³/mol. The largest absolute Gasteiger partial charge is 0.462 e. The summed E-state index contributed by atoms with van der Waals surface area (Å²) >= 11 is 2.99. The molecule has 0 amide bonds. The van der Waals surface area contributed by atoms with Crippen LogP contribution in [0.1, 0.15) is 30.4 Å². The Morgan fingerprint density at radius 2 is 2.00 bits per heavy atom. The van der Waals surface area contributed by atoms with E-state index in [-0.39, 0.29) is 5.97 Å². The zero-order valence-electron chi connectivity index (χ0n) is 11.3. The molecular weight excluding hydrogens is 268 g/mol. The van der Waals surface area contributed by atoms with E-state index in [2.05, 4.69) is 18.7 Å². The number of hydrogen-bond acceptors (Lipinski definition) is 6. The molecule has 0 fully saturated rings. The van der Waals surface area contributed by atoms with Gasteiger partial charge in [0.1, 0.15) is 9.88 Å². The van der Waals surface area contributed by atoms with Gasteiger partial charge in [-0.2, -0.15) is 0 Å². The van der Waals surface area contributed by atoms with E-state index in [9.17, 15) is 4.79 Å². The summed E-state index contributed by atoms with van der Waals surface area (Å²) in [5.41, 5.74) is 6.60. The number of thioether (sulfide) groups is 1. The summed E-state index contributed by atoms with van der Waals surface area (Å²) in [4.78, 5) is 15.5. The molecule has 1 heterocycles. The number of rotatable bonds is 6. The highest BCUT2D eigenvalue weighted by Gasteiger charge is 2.23. The summed E-state index contributed by atoms with van der Waals surface area (Å²) in [6, 6.07) is 0. The highest BCUT2D eigenvalue weighted by Crippen LogP contribution is 2.43. The third-order valence-electron chi connectivity index (χ3n) is 2.60. The number of hydrogen-bond donors (Lipinski definition) is 1. The molecule has 102 valence electrons. The smallest absolute Gasteiger partial charge is 0.350 e. The lowest BCUT2D eigenvalue weighted by atomic mass is 10.4. The molecule has 1 rings (SSSR count). The lowest BCUT2D eigenvalue weighted by Crippen LogP contribution is -2.21. The van der Waals surface area contributed by atoms with Crippen LogP contribution in [0.15, 0.2) is 4.90 Å². The minimum absolute atomic E-state index is 0.325. The third kappa shape index (κ3) is 2.92. The molecule has 0 aliphatic rings. The fourth-order valence-corrected chi connectivity index (χ4v) is 3.88. The zero-order chi connectivity index (χ0) is 13.7. The van der Waals surface area contributed by atoms with Gasteiger partial charge in [-0.1, -0.05) is 0 Å². The highest BCUT2D eigenvalue weighted by molar-refractivity contribution is 7.99. The molecule has 4 nitrogen and oxygen atoms in total. The maximum Gasteiger partial charge on any atom is 0.350 e. The quantitative estimate of drug-likeness (QED) is 0.644. The van der Waals surface area contributed by atoms with Crippen molar-refractivity contribution in [3.05, 3.63) is 4.88 Å². The van der Waals surface area contributed by atoms with Crippen molar-refractivity contribution in [1.82, 2.24) is 0 Å². The van der Waals surface area contributed by atoms with Gasteiger partial charge >= 0.3 is 5.97 Å². The molecule has 0 saturated heterocycles. The van der Waals surface area contributed by atoms with E-state index >= 15 is 0 Å². The first kappa shape index (κ1) is 15.2. The van der Waals surface area contributed by atoms with Crippen molar-refractivity contribution in [3.8, 4) is 0 Å². The minimum Gasteiger partial charge on any atom is -0.462 e. The molecule has 0 aliphatic carbocycles. The second-order valence-corrected chi connectivity index (χ2v) is 5.39. The van der Waals surface area contributed by atoms with Gasteiger partial charge in [0.25, 0.3) is 0 Å². The van der Waals surface area contributed by atoms with Crippen LogP contribution in [0.2, 0.25) is 0 Å². The van der Waals surface area contributed by atoms with Crippen LogP contribution < -0.4 is 10.6 Å². The van der Waals surface area contributed by atoms with Gasteiger partial charge < -0.3 is 15.4 Å². The van der Waals surface area contributed by atoms with E-state index < -0.39 is 0 Å². The average molecular weight is 288 g/mol. The second kappa shape index (κ2) is 6.89. The molecule has 6 heteroatoms. The number of nitrogen functional groups attached to an aromatic ring is 1. The van der Waals surface area contributed by atoms with E-state index in [1.54, 1.807) is 18.7 Å². The van der Waals surface area contributed by atoms with E-state index in [1.165, 1.54) is 11.3 Å². The number of nitrogens with two attached hydrogens (primary N) is 1. The van der Waals surface area contributed by atoms with Crippen LogP contribution in [0.5, 0.6) is 0 Å². The van der Waals surface area contributed by atoms with Gasteiger partial charge in [-0.3, -0.25) is 0 Å². The number of carbonyl (C=O) groups excluding carboxylic acids is 1. The van der Waals surface area contributed by atoms with E-state index in [4.69, 9.17) is 10.5 Å². The summed E-state index contributed by atoms with van der Waals surface area (Å²) in [7, 11) is 0. The zero-order valence-corrected chi connectivity index (χ0v) is 12.9. The lowest BCUT2D eigenvalue weighted by molar-refractivity contribution is 0.0533. The van der Waals surface area contributed by atoms with Crippen molar-refractivity contribution in [3.63, 3.8) is 0 Å². The summed E-state index contributed by atoms with van der Waals surface area (Å²) in [5, 5.41) is 1.06. The van der Waals surface area contributed by atoms with Crippen LogP contribution in [0.3, 0.4) is 0 Å². The molecule has 0 aromatic carbocycles. The lowest BCUT2D eigenvalue weighted by Gasteiger charge is -2.20. The van der Waals surface area contributed by atoms with Crippen LogP contribution in [0.25, 0.3) is 0 Å². The number of ether oxygens (including phenoxy) is 1. The Morgan fingerprint density at radius 3 is 2.44 bits per heavy atom. The predicted octanol–water partition coefficient (Wildman–Crippen LogP) is 3.08. The fraction of sp³-hybridized carbons (Fsp3) is 0.583. The molecule has 0 aliphatic heterocycles. The van der Waals surface area contributed by atoms with Crippen LogP contribution in [-0.4, -0.2) is 31.9 Å². The fourth-order valence-electron chi connectivity index (χ4n) is 1.68. The van der Waals surface area contributed by atoms with Crippen LogP contribution in [-0.2, 0) is 4.74 Å². The Morgan fingerprint density at radius 1 is 1.39 bits per heavy atom. The summed E-state index contributed by atoms with van der Waals surface area (Å²) < 4.78 is 5.03. The number of nitrogens with zero attached hydrogens (tertiary/aromatic N) is 1. The SMILES string of the molecule is CCOC(=O)c1sc(N(CC)CC)c(SC)c1N. The van der Waals surface area contributed by atoms with Crippen LogP contribution in [0, 0.1) is 0 Å². The highest BCUT2D eigenvalue weighted by atomic mass is 32.2. The van der Waals surface area contributed by atoms with Crippen molar-refractivity contribution in [1.29, 1.82) is 0 Å². The standard InChI is InChI=1S/C12H20N2O2S2/c1-5-14(6-2)11-9(17-4)8(13)10(18-11)12(15)16-7-3/h5-7,13H2,1-4H3. The molecule has 2 N–H and O–H groups in total. The molecule has 1 aromatic rings. The Labute approximate surface area is 116 Å². The van der Waals surface area contributed by atoms with Gasteiger partial charge in [-0.05, 0) is 27.0 Å². The van der Waals surface area contributed by atoms with Crippen LogP contribution >= 0.6 is 23.1 Å². The first-order valence-electron chi connectivity index (χ1n) is 5.98. The normalized spacial score (nSPS) is 10.4. The summed E-state index contributed by atoms with van der Waals surface area (Å²) in [5.74, 6) is -0.325. The molecule has 1 aromatic heterocycles. The monoisotopic (exact) mass is 288 g/mol. The maximum atomic E-state index is 11.8. The number of anilines is 2. The molecule has 0 unspecified atom stereocenters. The molecule has 0 spiro atoms. The van der Waals surface area contributed by atoms with Gasteiger partial charge in [0.2, 0.25) is 0 Å². The third-order valence-corrected chi connectivity index (χ3v) is 4.79. The first-order chi connectivity index (χ1) is 8.60. The molecule has 18 heavy (non-hydrogen) atoms. The summed E-state index contributed by atoms with van der Waals surface area (Å²) in [6.07, 6.45) is 1.97. The average Bonchev–Trinajstić information content (AvgIpc) is 2.68. The Hall–Kier alpha value is -0.880. The Bertz CT molecular complexity index is 414. The van der Waals surface area contributed by atoms with Crippen molar-refractivity contribution in [2.75, 3.05) is 36.6 Å². The molecular formula is C12H20N2O2S2. The molecule has 0 atom stereocenters. The number of esters is 1. The van der Waals surface area contributed by atoms with Crippen LogP contribution in [0.4, 0.5) is 10.7 Å². The Kier molecular flexibility index (Phi) is 5.81. The van der Waals surface area contributed by atoms with E-state index in [1.807, 2.05) is 6.26 Å². The topological polar surface area (TPSA) is 55.6 Å². The minimum atomic E-state index is -0.325. The van der Waals surface area contributed by atoms with Gasteiger partial charge in [-0.15, -0.1) is 23.1 Å². The Balaban J connectivity index is 3.20. The maximum absolute atomic E-state index is 11.8. The van der Waals surface area contributed by atoms with Crippen molar-refractivity contribution >= 4 is 39.8 Å². The number of thiophene rings is 1. The van der Waals surface area contributed by atoms with Gasteiger partial charge in [0.15, 0.2) is 0 Å². The van der Waals surface area contributed by atoms with Crippen molar-refractivity contribution < 1.29 is 9.53 Å². The first-order valence-corrected chi connectivity index (χ1v) is 8.02. The molecule has 0 bridgehead atoms. The van der Waals surface area contributed by atoms with E-state index in [0.717, 1.165) is 23.0 Å². The molecule has 0 radical (unpaired) electrons. The van der Waals surface area contributed by atoms with Gasteiger partial charge in [0.05, 0.1) is 17.2 Å². The second-order valence-electron chi connectivity index (χ2n) is 3.58. The van der Waals surface area contributed by atoms with Crippen molar-refractivity contribution in [2.45, 2.75) is 25.7 Å². The van der Waals surface area contributed by atoms with E-state index in [0.29, 0.717) is 17.2 Å². The molecule has 0 saturated carbocycles. The number of carbonyl (C=O) groups is 1. The van der Waals surface area contributed by atoms with Crippen molar-refractivity contribution in [2.24, 2.45) is 0 Å². The van der Waals surface area contributed by atoms with Gasteiger partial charge in [0, 0.05) is 13.1 Å².